The van der Waals surface area contributed by atoms with Gasteiger partial charge in [0.25, 0.3) is 0 Å². The summed E-state index contributed by atoms with van der Waals surface area (Å²) in [7, 11) is 0. The lowest BCUT2D eigenvalue weighted by molar-refractivity contribution is 0.288. The van der Waals surface area contributed by atoms with Crippen molar-refractivity contribution in [2.24, 2.45) is 5.92 Å². The third-order valence-electron chi connectivity index (χ3n) is 5.13. The highest BCUT2D eigenvalue weighted by Crippen LogP contribution is 2.39. The number of para-hydroxylation sites is 1. The Bertz CT molecular complexity index is 445. The summed E-state index contributed by atoms with van der Waals surface area (Å²) in [5, 5.41) is 3.75. The molecule has 1 heterocycles. The van der Waals surface area contributed by atoms with Crippen molar-refractivity contribution in [3.8, 4) is 5.75 Å². The minimum atomic E-state index is 0.621. The van der Waals surface area contributed by atoms with Crippen molar-refractivity contribution in [3.63, 3.8) is 0 Å². The Labute approximate surface area is 129 Å². The number of ether oxygens (including phenoxy) is 1. The molecule has 0 spiro atoms. The first-order valence-electron chi connectivity index (χ1n) is 8.82. The van der Waals surface area contributed by atoms with E-state index < -0.39 is 0 Å². The van der Waals surface area contributed by atoms with Crippen molar-refractivity contribution < 1.29 is 4.74 Å². The van der Waals surface area contributed by atoms with Crippen molar-refractivity contribution in [3.05, 3.63) is 29.8 Å². The molecule has 2 nitrogen and oxygen atoms in total. The molecule has 1 aliphatic heterocycles. The number of hydrogen-bond acceptors (Lipinski definition) is 2. The Morgan fingerprint density at radius 3 is 2.95 bits per heavy atom. The van der Waals surface area contributed by atoms with Crippen molar-refractivity contribution in [1.29, 1.82) is 0 Å². The highest BCUT2D eigenvalue weighted by Gasteiger charge is 2.28. The Morgan fingerprint density at radius 2 is 2.05 bits per heavy atom. The first kappa shape index (κ1) is 14.9. The summed E-state index contributed by atoms with van der Waals surface area (Å²) in [6.45, 7) is 4.32. The maximum absolute atomic E-state index is 5.86. The second-order valence-electron chi connectivity index (χ2n) is 6.82. The molecule has 3 atom stereocenters. The van der Waals surface area contributed by atoms with Gasteiger partial charge in [0.2, 0.25) is 0 Å². The molecule has 1 aromatic carbocycles. The lowest BCUT2D eigenvalue weighted by atomic mass is 9.85. The van der Waals surface area contributed by atoms with E-state index in [1.54, 1.807) is 0 Å². The summed E-state index contributed by atoms with van der Waals surface area (Å²) in [5.74, 6) is 2.61. The highest BCUT2D eigenvalue weighted by molar-refractivity contribution is 5.39. The molecular formula is C19H29NO. The van der Waals surface area contributed by atoms with Gasteiger partial charge >= 0.3 is 0 Å². The maximum atomic E-state index is 5.86. The van der Waals surface area contributed by atoms with Gasteiger partial charge in [0.05, 0.1) is 6.61 Å². The van der Waals surface area contributed by atoms with Crippen LogP contribution in [0.4, 0.5) is 0 Å². The van der Waals surface area contributed by atoms with Gasteiger partial charge < -0.3 is 10.1 Å². The zero-order valence-corrected chi connectivity index (χ0v) is 13.3. The molecule has 1 N–H and O–H groups in total. The van der Waals surface area contributed by atoms with Crippen LogP contribution in [0.15, 0.2) is 24.3 Å². The molecule has 3 rings (SSSR count). The minimum absolute atomic E-state index is 0.621. The van der Waals surface area contributed by atoms with Crippen LogP contribution in [0.25, 0.3) is 0 Å². The minimum Gasteiger partial charge on any atom is -0.493 e. The molecule has 1 aliphatic carbocycles. The second kappa shape index (κ2) is 7.31. The zero-order chi connectivity index (χ0) is 14.5. The van der Waals surface area contributed by atoms with E-state index in [-0.39, 0.29) is 0 Å². The lowest BCUT2D eigenvalue weighted by Crippen LogP contribution is -2.31. The summed E-state index contributed by atoms with van der Waals surface area (Å²) < 4.78 is 5.86. The Balaban J connectivity index is 1.59. The third kappa shape index (κ3) is 3.79. The van der Waals surface area contributed by atoms with Gasteiger partial charge in [-0.05, 0) is 44.2 Å². The molecular weight excluding hydrogens is 258 g/mol. The summed E-state index contributed by atoms with van der Waals surface area (Å²) in [6.07, 6.45) is 9.49. The molecule has 2 aliphatic rings. The number of rotatable bonds is 5. The topological polar surface area (TPSA) is 21.3 Å². The number of hydrogen-bond donors (Lipinski definition) is 1. The molecule has 0 radical (unpaired) electrons. The van der Waals surface area contributed by atoms with Gasteiger partial charge in [-0.1, -0.05) is 44.4 Å². The fourth-order valence-corrected chi connectivity index (χ4v) is 4.04. The predicted octanol–water partition coefficient (Wildman–Crippen LogP) is 4.50. The molecule has 2 heteroatoms. The van der Waals surface area contributed by atoms with Crippen molar-refractivity contribution in [2.75, 3.05) is 13.2 Å². The van der Waals surface area contributed by atoms with Gasteiger partial charge in [0, 0.05) is 17.5 Å². The van der Waals surface area contributed by atoms with Crippen LogP contribution in [-0.2, 0) is 0 Å². The van der Waals surface area contributed by atoms with E-state index in [0.717, 1.165) is 24.3 Å². The number of fused-ring (bicyclic) bond motifs is 1. The van der Waals surface area contributed by atoms with E-state index in [1.807, 2.05) is 0 Å². The van der Waals surface area contributed by atoms with Gasteiger partial charge in [-0.3, -0.25) is 0 Å². The van der Waals surface area contributed by atoms with Crippen molar-refractivity contribution >= 4 is 0 Å². The Morgan fingerprint density at radius 1 is 1.19 bits per heavy atom. The Kier molecular flexibility index (Phi) is 5.18. The van der Waals surface area contributed by atoms with Crippen LogP contribution < -0.4 is 10.1 Å². The van der Waals surface area contributed by atoms with Gasteiger partial charge in [0.1, 0.15) is 5.75 Å². The van der Waals surface area contributed by atoms with Crippen LogP contribution >= 0.6 is 0 Å². The number of nitrogens with one attached hydrogen (secondary N) is 1. The highest BCUT2D eigenvalue weighted by atomic mass is 16.5. The fraction of sp³-hybridized carbons (Fsp3) is 0.684. The molecule has 116 valence electrons. The van der Waals surface area contributed by atoms with Crippen LogP contribution in [0, 0.1) is 5.92 Å². The third-order valence-corrected chi connectivity index (χ3v) is 5.13. The second-order valence-corrected chi connectivity index (χ2v) is 6.82. The van der Waals surface area contributed by atoms with Crippen molar-refractivity contribution in [2.45, 2.75) is 63.8 Å². The quantitative estimate of drug-likeness (QED) is 0.805. The van der Waals surface area contributed by atoms with E-state index in [9.17, 15) is 0 Å². The molecule has 0 amide bonds. The van der Waals surface area contributed by atoms with Crippen LogP contribution in [-0.4, -0.2) is 19.2 Å². The normalized spacial score (nSPS) is 28.7. The molecule has 0 saturated heterocycles. The van der Waals surface area contributed by atoms with Gasteiger partial charge in [-0.25, -0.2) is 0 Å². The lowest BCUT2D eigenvalue weighted by Gasteiger charge is -2.23. The maximum Gasteiger partial charge on any atom is 0.122 e. The molecule has 1 saturated carbocycles. The summed E-state index contributed by atoms with van der Waals surface area (Å²) in [4.78, 5) is 0. The van der Waals surface area contributed by atoms with Gasteiger partial charge in [-0.2, -0.15) is 0 Å². The first-order chi connectivity index (χ1) is 10.4. The molecule has 0 aromatic heterocycles. The van der Waals surface area contributed by atoms with E-state index in [4.69, 9.17) is 4.74 Å². The van der Waals surface area contributed by atoms with E-state index in [0.29, 0.717) is 5.92 Å². The smallest absolute Gasteiger partial charge is 0.122 e. The molecule has 0 bridgehead atoms. The first-order valence-corrected chi connectivity index (χ1v) is 8.82. The van der Waals surface area contributed by atoms with Crippen LogP contribution in [0.1, 0.15) is 63.4 Å². The number of benzene rings is 1. The van der Waals surface area contributed by atoms with E-state index in [2.05, 4.69) is 36.5 Å². The van der Waals surface area contributed by atoms with Crippen LogP contribution in [0.2, 0.25) is 0 Å². The SMILES string of the molecule is CCCNC1CCCCC(CC2COc3ccccc32)C1. The van der Waals surface area contributed by atoms with Gasteiger partial charge in [-0.15, -0.1) is 0 Å². The average molecular weight is 287 g/mol. The molecule has 21 heavy (non-hydrogen) atoms. The van der Waals surface area contributed by atoms with Crippen molar-refractivity contribution in [1.82, 2.24) is 5.32 Å². The largest absolute Gasteiger partial charge is 0.493 e. The van der Waals surface area contributed by atoms with E-state index in [1.165, 1.54) is 57.1 Å². The zero-order valence-electron chi connectivity index (χ0n) is 13.3. The standard InChI is InChI=1S/C19H29NO/c1-2-11-20-17-8-4-3-7-15(13-17)12-16-14-21-19-10-6-5-9-18(16)19/h5-6,9-10,15-17,20H,2-4,7-8,11-14H2,1H3. The fourth-order valence-electron chi connectivity index (χ4n) is 4.04. The van der Waals surface area contributed by atoms with Crippen LogP contribution in [0.3, 0.4) is 0 Å². The molecule has 3 unspecified atom stereocenters. The Hall–Kier alpha value is -1.02. The monoisotopic (exact) mass is 287 g/mol. The summed E-state index contributed by atoms with van der Waals surface area (Å²) >= 11 is 0. The predicted molar refractivity (Wildman–Crippen MR) is 88.0 cm³/mol. The summed E-state index contributed by atoms with van der Waals surface area (Å²) in [5.41, 5.74) is 1.44. The molecule has 1 fully saturated rings. The summed E-state index contributed by atoms with van der Waals surface area (Å²) in [6, 6.07) is 9.36. The van der Waals surface area contributed by atoms with E-state index >= 15 is 0 Å². The van der Waals surface area contributed by atoms with Gasteiger partial charge in [0.15, 0.2) is 0 Å². The average Bonchev–Trinajstić information content (AvgIpc) is 2.77. The van der Waals surface area contributed by atoms with Crippen LogP contribution in [0.5, 0.6) is 5.75 Å². The molecule has 1 aromatic rings.